The molecule has 0 heterocycles. The molecule has 2 N–H and O–H groups in total. The minimum Gasteiger partial charge on any atom is -0.330 e. The summed E-state index contributed by atoms with van der Waals surface area (Å²) in [6.45, 7) is 8.18. The van der Waals surface area contributed by atoms with Gasteiger partial charge in [0.05, 0.1) is 0 Å². The van der Waals surface area contributed by atoms with E-state index in [9.17, 15) is 0 Å². The van der Waals surface area contributed by atoms with E-state index >= 15 is 0 Å². The van der Waals surface area contributed by atoms with Crippen LogP contribution in [0.3, 0.4) is 0 Å². The van der Waals surface area contributed by atoms with Crippen LogP contribution in [-0.2, 0) is 0 Å². The van der Waals surface area contributed by atoms with Crippen molar-refractivity contribution in [1.29, 1.82) is 0 Å². The van der Waals surface area contributed by atoms with Crippen molar-refractivity contribution in [3.05, 3.63) is 0 Å². The van der Waals surface area contributed by atoms with E-state index in [0.29, 0.717) is 0 Å². The lowest BCUT2D eigenvalue weighted by Crippen LogP contribution is -2.26. The SMILES string of the molecule is CCCC(C(C)C)C1CCC(CCC2CCCC2CN)CC1. The van der Waals surface area contributed by atoms with Gasteiger partial charge in [0, 0.05) is 0 Å². The summed E-state index contributed by atoms with van der Waals surface area (Å²) in [4.78, 5) is 0. The fourth-order valence-corrected chi connectivity index (χ4v) is 5.61. The second kappa shape index (κ2) is 9.30. The van der Waals surface area contributed by atoms with E-state index in [1.165, 1.54) is 70.6 Å². The Morgan fingerprint density at radius 1 is 0.909 bits per heavy atom. The predicted molar refractivity (Wildman–Crippen MR) is 97.8 cm³/mol. The van der Waals surface area contributed by atoms with Gasteiger partial charge in [-0.1, -0.05) is 65.7 Å². The maximum atomic E-state index is 5.94. The Morgan fingerprint density at radius 2 is 1.59 bits per heavy atom. The Morgan fingerprint density at radius 3 is 2.18 bits per heavy atom. The van der Waals surface area contributed by atoms with Crippen LogP contribution in [0.4, 0.5) is 0 Å². The van der Waals surface area contributed by atoms with Crippen LogP contribution in [0, 0.1) is 35.5 Å². The molecule has 2 fully saturated rings. The first kappa shape index (κ1) is 18.3. The van der Waals surface area contributed by atoms with E-state index in [2.05, 4.69) is 20.8 Å². The zero-order valence-electron chi connectivity index (χ0n) is 15.5. The molecule has 22 heavy (non-hydrogen) atoms. The highest BCUT2D eigenvalue weighted by Crippen LogP contribution is 2.42. The third-order valence-electron chi connectivity index (χ3n) is 7.04. The maximum absolute atomic E-state index is 5.94. The van der Waals surface area contributed by atoms with Crippen LogP contribution in [-0.4, -0.2) is 6.54 Å². The van der Waals surface area contributed by atoms with E-state index in [1.807, 2.05) is 0 Å². The van der Waals surface area contributed by atoms with Gasteiger partial charge in [0.1, 0.15) is 0 Å². The molecule has 0 bridgehead atoms. The number of nitrogens with two attached hydrogens (primary N) is 1. The minimum atomic E-state index is 0.853. The predicted octanol–water partition coefficient (Wildman–Crippen LogP) is 6.02. The van der Waals surface area contributed by atoms with Crippen LogP contribution in [0.2, 0.25) is 0 Å². The highest BCUT2D eigenvalue weighted by atomic mass is 14.6. The van der Waals surface area contributed by atoms with Crippen LogP contribution in [0.25, 0.3) is 0 Å². The molecule has 2 aliphatic rings. The first-order chi connectivity index (χ1) is 10.7. The topological polar surface area (TPSA) is 26.0 Å². The van der Waals surface area contributed by atoms with Gasteiger partial charge in [-0.15, -0.1) is 0 Å². The van der Waals surface area contributed by atoms with Crippen molar-refractivity contribution in [2.75, 3.05) is 6.54 Å². The summed E-state index contributed by atoms with van der Waals surface area (Å²) < 4.78 is 0. The lowest BCUT2D eigenvalue weighted by Gasteiger charge is -2.36. The van der Waals surface area contributed by atoms with Gasteiger partial charge in [-0.2, -0.15) is 0 Å². The molecule has 0 aliphatic heterocycles. The summed E-state index contributed by atoms with van der Waals surface area (Å²) in [5.41, 5.74) is 5.94. The van der Waals surface area contributed by atoms with E-state index in [4.69, 9.17) is 5.73 Å². The fraction of sp³-hybridized carbons (Fsp3) is 1.00. The average molecular weight is 308 g/mol. The normalized spacial score (nSPS) is 34.2. The third kappa shape index (κ3) is 4.98. The second-order valence-electron chi connectivity index (χ2n) is 8.74. The molecule has 2 rings (SSSR count). The molecule has 2 saturated carbocycles. The van der Waals surface area contributed by atoms with Crippen LogP contribution in [0.5, 0.6) is 0 Å². The summed E-state index contributed by atoms with van der Waals surface area (Å²) in [5, 5.41) is 0. The monoisotopic (exact) mass is 307 g/mol. The summed E-state index contributed by atoms with van der Waals surface area (Å²) >= 11 is 0. The zero-order valence-corrected chi connectivity index (χ0v) is 15.5. The fourth-order valence-electron chi connectivity index (χ4n) is 5.61. The molecule has 3 unspecified atom stereocenters. The molecular formula is C21H41N. The van der Waals surface area contributed by atoms with Crippen molar-refractivity contribution in [2.45, 2.75) is 91.4 Å². The second-order valence-corrected chi connectivity index (χ2v) is 8.74. The van der Waals surface area contributed by atoms with E-state index in [1.54, 1.807) is 0 Å². The molecule has 0 radical (unpaired) electrons. The van der Waals surface area contributed by atoms with Crippen molar-refractivity contribution < 1.29 is 0 Å². The molecule has 0 amide bonds. The highest BCUT2D eigenvalue weighted by molar-refractivity contribution is 4.82. The average Bonchev–Trinajstić information content (AvgIpc) is 2.98. The Balaban J connectivity index is 1.70. The summed E-state index contributed by atoms with van der Waals surface area (Å²) in [7, 11) is 0. The van der Waals surface area contributed by atoms with Gasteiger partial charge in [-0.25, -0.2) is 0 Å². The van der Waals surface area contributed by atoms with Crippen molar-refractivity contribution in [2.24, 2.45) is 41.2 Å². The van der Waals surface area contributed by atoms with Gasteiger partial charge in [-0.05, 0) is 67.7 Å². The highest BCUT2D eigenvalue weighted by Gasteiger charge is 2.30. The largest absolute Gasteiger partial charge is 0.330 e. The molecule has 0 aromatic rings. The van der Waals surface area contributed by atoms with E-state index in [0.717, 1.165) is 42.1 Å². The van der Waals surface area contributed by atoms with Crippen molar-refractivity contribution >= 4 is 0 Å². The van der Waals surface area contributed by atoms with Crippen LogP contribution >= 0.6 is 0 Å². The van der Waals surface area contributed by atoms with Crippen LogP contribution < -0.4 is 5.73 Å². The van der Waals surface area contributed by atoms with Crippen LogP contribution in [0.15, 0.2) is 0 Å². The molecule has 1 heteroatoms. The molecule has 2 aliphatic carbocycles. The Kier molecular flexibility index (Phi) is 7.74. The molecule has 0 aromatic carbocycles. The first-order valence-electron chi connectivity index (χ1n) is 10.4. The van der Waals surface area contributed by atoms with Crippen LogP contribution in [0.1, 0.15) is 91.4 Å². The molecule has 0 spiro atoms. The molecular weight excluding hydrogens is 266 g/mol. The standard InChI is InChI=1S/C21H41N/c1-4-6-21(16(2)3)19-13-10-17(11-14-19)9-12-18-7-5-8-20(18)15-22/h16-21H,4-15,22H2,1-3H3. The van der Waals surface area contributed by atoms with Gasteiger partial charge >= 0.3 is 0 Å². The molecule has 3 atom stereocenters. The Labute approximate surface area is 139 Å². The smallest absolute Gasteiger partial charge is 0.00462 e. The molecule has 0 aromatic heterocycles. The van der Waals surface area contributed by atoms with Gasteiger partial charge in [0.25, 0.3) is 0 Å². The lowest BCUT2D eigenvalue weighted by molar-refractivity contribution is 0.148. The number of hydrogen-bond donors (Lipinski definition) is 1. The first-order valence-corrected chi connectivity index (χ1v) is 10.4. The van der Waals surface area contributed by atoms with E-state index in [-0.39, 0.29) is 0 Å². The van der Waals surface area contributed by atoms with E-state index < -0.39 is 0 Å². The van der Waals surface area contributed by atoms with Crippen molar-refractivity contribution in [1.82, 2.24) is 0 Å². The molecule has 130 valence electrons. The van der Waals surface area contributed by atoms with Gasteiger partial charge < -0.3 is 5.73 Å². The number of hydrogen-bond acceptors (Lipinski definition) is 1. The van der Waals surface area contributed by atoms with Gasteiger partial charge in [-0.3, -0.25) is 0 Å². The lowest BCUT2D eigenvalue weighted by atomic mass is 9.69. The van der Waals surface area contributed by atoms with Gasteiger partial charge in [0.15, 0.2) is 0 Å². The Hall–Kier alpha value is -0.0400. The number of rotatable bonds is 8. The quantitative estimate of drug-likeness (QED) is 0.583. The Bertz CT molecular complexity index is 290. The van der Waals surface area contributed by atoms with Gasteiger partial charge in [0.2, 0.25) is 0 Å². The maximum Gasteiger partial charge on any atom is -0.00462 e. The summed E-state index contributed by atoms with van der Waals surface area (Å²) in [6.07, 6.45) is 16.1. The zero-order chi connectivity index (χ0) is 15.9. The summed E-state index contributed by atoms with van der Waals surface area (Å²) in [5.74, 6) is 5.74. The third-order valence-corrected chi connectivity index (χ3v) is 7.04. The minimum absolute atomic E-state index is 0.853. The molecule has 0 saturated heterocycles. The van der Waals surface area contributed by atoms with Crippen molar-refractivity contribution in [3.63, 3.8) is 0 Å². The van der Waals surface area contributed by atoms with Crippen molar-refractivity contribution in [3.8, 4) is 0 Å². The summed E-state index contributed by atoms with van der Waals surface area (Å²) in [6, 6.07) is 0. The molecule has 1 nitrogen and oxygen atoms in total.